The van der Waals surface area contributed by atoms with E-state index >= 15 is 0 Å². The first kappa shape index (κ1) is 21.7. The number of piperidine rings is 1. The molecule has 0 spiro atoms. The molecule has 2 saturated carbocycles. The molecule has 2 aromatic carbocycles. The van der Waals surface area contributed by atoms with Crippen LogP contribution in [-0.2, 0) is 15.1 Å². The van der Waals surface area contributed by atoms with E-state index in [4.69, 9.17) is 4.74 Å². The van der Waals surface area contributed by atoms with Crippen molar-refractivity contribution in [3.63, 3.8) is 0 Å². The lowest BCUT2D eigenvalue weighted by atomic mass is 9.70. The minimum absolute atomic E-state index is 0.0691. The Morgan fingerprint density at radius 3 is 2.38 bits per heavy atom. The summed E-state index contributed by atoms with van der Waals surface area (Å²) < 4.78 is 6.16. The Kier molecular flexibility index (Phi) is 6.09. The summed E-state index contributed by atoms with van der Waals surface area (Å²) in [6.45, 7) is 3.06. The van der Waals surface area contributed by atoms with Gasteiger partial charge in [0.25, 0.3) is 0 Å². The summed E-state index contributed by atoms with van der Waals surface area (Å²) in [6.07, 6.45) is 7.01. The maximum atomic E-state index is 13.9. The second kappa shape index (κ2) is 8.99. The molecule has 0 aromatic heterocycles. The Labute approximate surface area is 191 Å². The van der Waals surface area contributed by atoms with Crippen LogP contribution in [0.5, 0.6) is 0 Å². The van der Waals surface area contributed by atoms with Crippen LogP contribution in [0.25, 0.3) is 0 Å². The molecule has 3 fully saturated rings. The molecule has 1 saturated heterocycles. The van der Waals surface area contributed by atoms with Crippen molar-refractivity contribution in [1.29, 1.82) is 0 Å². The Morgan fingerprint density at radius 2 is 1.72 bits per heavy atom. The van der Waals surface area contributed by atoms with Crippen molar-refractivity contribution >= 4 is 5.97 Å². The number of nitrogens with one attached hydrogen (secondary N) is 1. The summed E-state index contributed by atoms with van der Waals surface area (Å²) in [4.78, 5) is 13.9. The van der Waals surface area contributed by atoms with Gasteiger partial charge in [-0.3, -0.25) is 0 Å². The molecular weight excluding hydrogens is 398 g/mol. The van der Waals surface area contributed by atoms with Gasteiger partial charge in [0.2, 0.25) is 0 Å². The predicted molar refractivity (Wildman–Crippen MR) is 125 cm³/mol. The van der Waals surface area contributed by atoms with Gasteiger partial charge in [-0.05, 0) is 42.4 Å². The predicted octanol–water partition coefficient (Wildman–Crippen LogP) is 4.90. The largest absolute Gasteiger partial charge is 0.458 e. The van der Waals surface area contributed by atoms with Gasteiger partial charge >= 0.3 is 5.97 Å². The maximum Gasteiger partial charge on any atom is 0.343 e. The lowest BCUT2D eigenvalue weighted by Crippen LogP contribution is -2.48. The van der Waals surface area contributed by atoms with Crippen LogP contribution in [0.1, 0.15) is 74.5 Å². The van der Waals surface area contributed by atoms with Gasteiger partial charge in [-0.15, -0.1) is 0 Å². The molecule has 5 atom stereocenters. The first-order valence-electron chi connectivity index (χ1n) is 12.4. The second-order valence-corrected chi connectivity index (χ2v) is 10.0. The first-order valence-corrected chi connectivity index (χ1v) is 12.4. The Morgan fingerprint density at radius 1 is 1.00 bits per heavy atom. The standard InChI is InChI=1S/C28H35NO3/c1-19(20-10-4-2-5-11-20)23-14-8-9-15-24(23)28(31,22-12-6-3-7-13-22)27(30)32-26-21-16-17-25(26)29-18-21/h2,4-5,8-11,14-15,19,21-22,25-26,29,31H,3,6-7,12-13,16-18H2,1H3/t19-,21?,25?,26?,28?/m0/s1. The minimum atomic E-state index is -1.61. The number of rotatable bonds is 6. The summed E-state index contributed by atoms with van der Waals surface area (Å²) >= 11 is 0. The topological polar surface area (TPSA) is 58.6 Å². The van der Waals surface area contributed by atoms with E-state index in [1.54, 1.807) is 0 Å². The van der Waals surface area contributed by atoms with Crippen LogP contribution in [0, 0.1) is 11.8 Å². The minimum Gasteiger partial charge on any atom is -0.458 e. The van der Waals surface area contributed by atoms with Crippen molar-refractivity contribution in [2.75, 3.05) is 6.54 Å². The van der Waals surface area contributed by atoms with Crippen LogP contribution in [-0.4, -0.2) is 29.8 Å². The Balaban J connectivity index is 1.53. The molecule has 32 heavy (non-hydrogen) atoms. The molecule has 4 unspecified atom stereocenters. The average molecular weight is 434 g/mol. The van der Waals surface area contributed by atoms with Crippen molar-refractivity contribution in [1.82, 2.24) is 5.32 Å². The fourth-order valence-corrected chi connectivity index (χ4v) is 6.34. The zero-order valence-corrected chi connectivity index (χ0v) is 19.0. The van der Waals surface area contributed by atoms with Crippen molar-refractivity contribution in [3.05, 3.63) is 71.3 Å². The van der Waals surface area contributed by atoms with Gasteiger partial charge in [0.1, 0.15) is 6.10 Å². The highest BCUT2D eigenvalue weighted by Crippen LogP contribution is 2.45. The summed E-state index contributed by atoms with van der Waals surface area (Å²) in [6, 6.07) is 18.5. The lowest BCUT2D eigenvalue weighted by molar-refractivity contribution is -0.182. The Bertz CT molecular complexity index is 919. The van der Waals surface area contributed by atoms with E-state index < -0.39 is 11.6 Å². The number of carbonyl (C=O) groups is 1. The van der Waals surface area contributed by atoms with E-state index in [0.717, 1.165) is 56.2 Å². The SMILES string of the molecule is C[C@@H](c1ccccc1)c1ccccc1C(O)(C(=O)OC1C2CCC1NC2)C1CCCCC1. The maximum absolute atomic E-state index is 13.9. The average Bonchev–Trinajstić information content (AvgIpc) is 3.43. The summed E-state index contributed by atoms with van der Waals surface area (Å²) in [7, 11) is 0. The van der Waals surface area contributed by atoms with Crippen molar-refractivity contribution in [3.8, 4) is 0 Å². The van der Waals surface area contributed by atoms with Gasteiger partial charge in [0, 0.05) is 30.3 Å². The van der Waals surface area contributed by atoms with E-state index in [9.17, 15) is 9.90 Å². The molecule has 4 heteroatoms. The lowest BCUT2D eigenvalue weighted by Gasteiger charge is -2.39. The molecular formula is C28H35NO3. The molecule has 2 N–H and O–H groups in total. The number of hydrogen-bond acceptors (Lipinski definition) is 4. The zero-order chi connectivity index (χ0) is 22.1. The highest BCUT2D eigenvalue weighted by atomic mass is 16.6. The van der Waals surface area contributed by atoms with Gasteiger partial charge in [-0.25, -0.2) is 4.79 Å². The van der Waals surface area contributed by atoms with Gasteiger partial charge in [0.05, 0.1) is 0 Å². The van der Waals surface area contributed by atoms with Crippen molar-refractivity contribution < 1.29 is 14.6 Å². The Hall–Kier alpha value is -2.17. The van der Waals surface area contributed by atoms with Crippen LogP contribution in [0.15, 0.2) is 54.6 Å². The summed E-state index contributed by atoms with van der Waals surface area (Å²) in [5, 5.41) is 15.8. The summed E-state index contributed by atoms with van der Waals surface area (Å²) in [5.41, 5.74) is 1.31. The molecule has 2 aromatic rings. The van der Waals surface area contributed by atoms with Gasteiger partial charge in [0.15, 0.2) is 5.60 Å². The monoisotopic (exact) mass is 433 g/mol. The van der Waals surface area contributed by atoms with Crippen LogP contribution in [0.3, 0.4) is 0 Å². The zero-order valence-electron chi connectivity index (χ0n) is 19.0. The highest BCUT2D eigenvalue weighted by Gasteiger charge is 2.52. The normalized spacial score (nSPS) is 28.2. The van der Waals surface area contributed by atoms with Gasteiger partial charge < -0.3 is 15.2 Å². The van der Waals surface area contributed by atoms with E-state index in [1.165, 1.54) is 12.0 Å². The fraction of sp³-hybridized carbons (Fsp3) is 0.536. The van der Waals surface area contributed by atoms with E-state index in [1.807, 2.05) is 36.4 Å². The highest BCUT2D eigenvalue weighted by molar-refractivity contribution is 5.82. The van der Waals surface area contributed by atoms with E-state index in [-0.39, 0.29) is 24.0 Å². The number of carbonyl (C=O) groups excluding carboxylic acids is 1. The van der Waals surface area contributed by atoms with Crippen LogP contribution in [0.4, 0.5) is 0 Å². The molecule has 5 rings (SSSR count). The third kappa shape index (κ3) is 3.78. The molecule has 2 aliphatic carbocycles. The quantitative estimate of drug-likeness (QED) is 0.636. The fourth-order valence-electron chi connectivity index (χ4n) is 6.34. The first-order chi connectivity index (χ1) is 15.6. The van der Waals surface area contributed by atoms with Crippen LogP contribution in [0.2, 0.25) is 0 Å². The smallest absolute Gasteiger partial charge is 0.343 e. The molecule has 0 radical (unpaired) electrons. The number of ether oxygens (including phenoxy) is 1. The van der Waals surface area contributed by atoms with Crippen molar-refractivity contribution in [2.45, 2.75) is 75.5 Å². The second-order valence-electron chi connectivity index (χ2n) is 10.0. The van der Waals surface area contributed by atoms with Crippen molar-refractivity contribution in [2.24, 2.45) is 11.8 Å². The molecule has 170 valence electrons. The molecule has 3 aliphatic rings. The molecule has 0 amide bonds. The number of fused-ring (bicyclic) bond motifs is 2. The third-order valence-electron chi connectivity index (χ3n) is 8.24. The van der Waals surface area contributed by atoms with E-state index in [2.05, 4.69) is 30.4 Å². The van der Waals surface area contributed by atoms with E-state index in [0.29, 0.717) is 5.92 Å². The number of benzene rings is 2. The number of aliphatic hydroxyl groups is 1. The van der Waals surface area contributed by atoms with Crippen LogP contribution >= 0.6 is 0 Å². The molecule has 4 nitrogen and oxygen atoms in total. The van der Waals surface area contributed by atoms with Gasteiger partial charge in [-0.2, -0.15) is 0 Å². The number of esters is 1. The summed E-state index contributed by atoms with van der Waals surface area (Å²) in [5.74, 6) is -0.111. The molecule has 1 aliphatic heterocycles. The molecule has 1 heterocycles. The number of hydrogen-bond donors (Lipinski definition) is 2. The third-order valence-corrected chi connectivity index (χ3v) is 8.24. The van der Waals surface area contributed by atoms with Gasteiger partial charge in [-0.1, -0.05) is 80.8 Å². The van der Waals surface area contributed by atoms with Crippen LogP contribution < -0.4 is 5.32 Å². The molecule has 2 bridgehead atoms.